The van der Waals surface area contributed by atoms with Crippen molar-refractivity contribution < 1.29 is 14.3 Å². The highest BCUT2D eigenvalue weighted by atomic mass is 35.5. The van der Waals surface area contributed by atoms with E-state index in [1.165, 1.54) is 7.11 Å². The van der Waals surface area contributed by atoms with Gasteiger partial charge in [0.25, 0.3) is 0 Å². The van der Waals surface area contributed by atoms with E-state index in [-0.39, 0.29) is 17.4 Å². The second kappa shape index (κ2) is 7.77. The van der Waals surface area contributed by atoms with Gasteiger partial charge in [-0.05, 0) is 88.0 Å². The Kier molecular flexibility index (Phi) is 5.44. The lowest BCUT2D eigenvalue weighted by Gasteiger charge is -2.57. The monoisotopic (exact) mass is 429 g/mol. The molecule has 4 aliphatic carbocycles. The van der Waals surface area contributed by atoms with E-state index < -0.39 is 5.60 Å². The zero-order valence-corrected chi connectivity index (χ0v) is 18.4. The average Bonchev–Trinajstić information content (AvgIpc) is 2.70. The number of amidine groups is 1. The van der Waals surface area contributed by atoms with Crippen LogP contribution >= 0.6 is 11.6 Å². The number of ether oxygens (including phenoxy) is 2. The Bertz CT molecular complexity index is 874. The maximum Gasteiger partial charge on any atom is 0.311 e. The molecule has 1 aromatic rings. The Morgan fingerprint density at radius 2 is 1.87 bits per heavy atom. The number of carbonyl (C=O) groups is 1. The summed E-state index contributed by atoms with van der Waals surface area (Å²) in [7, 11) is 1.49. The summed E-state index contributed by atoms with van der Waals surface area (Å²) < 4.78 is 11.3. The first-order valence-corrected chi connectivity index (χ1v) is 10.9. The van der Waals surface area contributed by atoms with Crippen LogP contribution in [-0.4, -0.2) is 30.6 Å². The van der Waals surface area contributed by atoms with Crippen LogP contribution in [0.3, 0.4) is 0 Å². The number of hydrogen-bond acceptors (Lipinski definition) is 5. The summed E-state index contributed by atoms with van der Waals surface area (Å²) in [5.41, 5.74) is -1.16. The number of nitrogens with zero attached hydrogens (tertiary/aromatic N) is 2. The van der Waals surface area contributed by atoms with E-state index in [4.69, 9.17) is 26.1 Å². The van der Waals surface area contributed by atoms with Crippen LogP contribution < -0.4 is 10.1 Å². The van der Waals surface area contributed by atoms with Crippen LogP contribution in [0.25, 0.3) is 0 Å². The van der Waals surface area contributed by atoms with E-state index in [1.54, 1.807) is 24.3 Å². The predicted octanol–water partition coefficient (Wildman–Crippen LogP) is 4.33. The van der Waals surface area contributed by atoms with Gasteiger partial charge >= 0.3 is 5.97 Å². The van der Waals surface area contributed by atoms with Crippen molar-refractivity contribution in [1.29, 1.82) is 5.26 Å². The van der Waals surface area contributed by atoms with Gasteiger partial charge in [0, 0.05) is 5.02 Å². The fraction of sp³-hybridized carbons (Fsp3) is 0.609. The number of nitrogens with one attached hydrogen (secondary N) is 1. The van der Waals surface area contributed by atoms with Gasteiger partial charge in [-0.2, -0.15) is 5.26 Å². The molecule has 0 amide bonds. The minimum Gasteiger partial charge on any atom is -0.480 e. The number of aliphatic imine (C=N–C) groups is 1. The number of rotatable bonds is 5. The molecule has 160 valence electrons. The van der Waals surface area contributed by atoms with E-state index >= 15 is 0 Å². The van der Waals surface area contributed by atoms with Gasteiger partial charge in [0.1, 0.15) is 5.75 Å². The smallest absolute Gasteiger partial charge is 0.311 e. The zero-order valence-electron chi connectivity index (χ0n) is 17.7. The molecule has 1 aromatic carbocycles. The molecule has 6 nitrogen and oxygen atoms in total. The van der Waals surface area contributed by atoms with Crippen molar-refractivity contribution >= 4 is 23.4 Å². The molecule has 0 aliphatic heterocycles. The standard InChI is InChI=1S/C23H28ClN3O3/c1-22(2,30-18-6-4-17(24)5-7-18)20(26-13-25)27-19-15-8-14-9-16(19)12-23(10-14,11-15)21(28)29-3/h4-7,14-16,19H,8-12H2,1-3H3,(H,26,27). The van der Waals surface area contributed by atoms with Crippen LogP contribution in [0.15, 0.2) is 29.3 Å². The van der Waals surface area contributed by atoms with Crippen molar-refractivity contribution in [2.75, 3.05) is 7.11 Å². The van der Waals surface area contributed by atoms with E-state index in [0.29, 0.717) is 34.4 Å². The van der Waals surface area contributed by atoms with Crippen molar-refractivity contribution in [3.63, 3.8) is 0 Å². The lowest BCUT2D eigenvalue weighted by atomic mass is 9.48. The predicted molar refractivity (Wildman–Crippen MR) is 114 cm³/mol. The van der Waals surface area contributed by atoms with E-state index in [0.717, 1.165) is 32.1 Å². The molecule has 7 heteroatoms. The van der Waals surface area contributed by atoms with Gasteiger partial charge in [0.05, 0.1) is 18.6 Å². The molecule has 4 fully saturated rings. The first kappa shape index (κ1) is 21.0. The van der Waals surface area contributed by atoms with Gasteiger partial charge in [0.2, 0.25) is 0 Å². The van der Waals surface area contributed by atoms with E-state index in [2.05, 4.69) is 5.32 Å². The van der Waals surface area contributed by atoms with Gasteiger partial charge in [-0.1, -0.05) is 11.6 Å². The molecule has 5 rings (SSSR count). The Hall–Kier alpha value is -2.26. The Balaban J connectivity index is 1.59. The SMILES string of the molecule is COC(=O)C12CC3CC(C1)C(N=C(NC#N)C(C)(C)Oc1ccc(Cl)cc1)C(C3)C2. The molecular formula is C23H28ClN3O3. The van der Waals surface area contributed by atoms with Gasteiger partial charge in [-0.15, -0.1) is 0 Å². The number of methoxy groups -OCH3 is 1. The molecule has 0 radical (unpaired) electrons. The first-order chi connectivity index (χ1) is 14.3. The third kappa shape index (κ3) is 3.76. The molecule has 4 aliphatic rings. The second-order valence-electron chi connectivity index (χ2n) is 9.51. The molecule has 0 aromatic heterocycles. The topological polar surface area (TPSA) is 83.7 Å². The van der Waals surface area contributed by atoms with Crippen LogP contribution in [0.5, 0.6) is 5.75 Å². The van der Waals surface area contributed by atoms with Gasteiger partial charge in [-0.25, -0.2) is 0 Å². The molecule has 0 spiro atoms. The summed E-state index contributed by atoms with van der Waals surface area (Å²) in [6.07, 6.45) is 6.77. The fourth-order valence-electron chi connectivity index (χ4n) is 6.06. The second-order valence-corrected chi connectivity index (χ2v) is 9.95. The maximum atomic E-state index is 12.5. The van der Waals surface area contributed by atoms with Crippen molar-refractivity contribution in [1.82, 2.24) is 5.32 Å². The third-order valence-corrected chi connectivity index (χ3v) is 7.30. The minimum atomic E-state index is -0.821. The summed E-state index contributed by atoms with van der Waals surface area (Å²) in [4.78, 5) is 17.6. The highest BCUT2D eigenvalue weighted by Crippen LogP contribution is 2.61. The number of carbonyl (C=O) groups excluding carboxylic acids is 1. The van der Waals surface area contributed by atoms with Crippen LogP contribution in [0.1, 0.15) is 46.0 Å². The summed E-state index contributed by atoms with van der Waals surface area (Å²) >= 11 is 5.97. The van der Waals surface area contributed by atoms with Crippen molar-refractivity contribution in [3.05, 3.63) is 29.3 Å². The normalized spacial score (nSPS) is 32.4. The Morgan fingerprint density at radius 1 is 1.23 bits per heavy atom. The largest absolute Gasteiger partial charge is 0.480 e. The van der Waals surface area contributed by atoms with Gasteiger partial charge in [-0.3, -0.25) is 15.1 Å². The third-order valence-electron chi connectivity index (χ3n) is 7.05. The Labute approximate surface area is 182 Å². The molecule has 2 atom stereocenters. The van der Waals surface area contributed by atoms with Crippen molar-refractivity contribution in [2.45, 2.75) is 57.6 Å². The average molecular weight is 430 g/mol. The summed E-state index contributed by atoms with van der Waals surface area (Å²) in [6.45, 7) is 3.80. The lowest BCUT2D eigenvalue weighted by Crippen LogP contribution is -2.57. The van der Waals surface area contributed by atoms with Crippen molar-refractivity contribution in [2.24, 2.45) is 28.2 Å². The number of hydrogen-bond donors (Lipinski definition) is 1. The maximum absolute atomic E-state index is 12.5. The lowest BCUT2D eigenvalue weighted by molar-refractivity contribution is -0.169. The van der Waals surface area contributed by atoms with Crippen LogP contribution in [-0.2, 0) is 9.53 Å². The molecule has 0 heterocycles. The molecule has 30 heavy (non-hydrogen) atoms. The minimum absolute atomic E-state index is 0.0638. The van der Waals surface area contributed by atoms with Crippen LogP contribution in [0.2, 0.25) is 5.02 Å². The summed E-state index contributed by atoms with van der Waals surface area (Å²) in [6, 6.07) is 7.23. The summed E-state index contributed by atoms with van der Waals surface area (Å²) in [5.74, 6) is 2.34. The molecule has 0 saturated heterocycles. The molecule has 4 bridgehead atoms. The van der Waals surface area contributed by atoms with Crippen LogP contribution in [0.4, 0.5) is 0 Å². The number of nitriles is 1. The quantitative estimate of drug-likeness (QED) is 0.247. The highest BCUT2D eigenvalue weighted by molar-refractivity contribution is 6.30. The number of halogens is 1. The van der Waals surface area contributed by atoms with Crippen molar-refractivity contribution in [3.8, 4) is 11.9 Å². The Morgan fingerprint density at radius 3 is 2.43 bits per heavy atom. The molecule has 2 unspecified atom stereocenters. The first-order valence-electron chi connectivity index (χ1n) is 10.5. The van der Waals surface area contributed by atoms with E-state index in [1.807, 2.05) is 20.0 Å². The fourth-order valence-corrected chi connectivity index (χ4v) is 6.19. The van der Waals surface area contributed by atoms with Gasteiger partial charge in [0.15, 0.2) is 17.6 Å². The number of esters is 1. The van der Waals surface area contributed by atoms with Gasteiger partial charge < -0.3 is 9.47 Å². The molecular weight excluding hydrogens is 402 g/mol. The number of benzene rings is 1. The summed E-state index contributed by atoms with van der Waals surface area (Å²) in [5, 5.41) is 12.8. The molecule has 4 saturated carbocycles. The highest BCUT2D eigenvalue weighted by Gasteiger charge is 2.59. The zero-order chi connectivity index (χ0) is 21.5. The van der Waals surface area contributed by atoms with Crippen LogP contribution in [0, 0.1) is 34.6 Å². The molecule has 1 N–H and O–H groups in total. The van der Waals surface area contributed by atoms with E-state index in [9.17, 15) is 10.1 Å².